The third-order valence-electron chi connectivity index (χ3n) is 7.12. The quantitative estimate of drug-likeness (QED) is 0.444. The molecule has 0 amide bonds. The van der Waals surface area contributed by atoms with Gasteiger partial charge in [0.05, 0.1) is 6.10 Å². The Bertz CT molecular complexity index is 305. The van der Waals surface area contributed by atoms with Gasteiger partial charge in [0.2, 0.25) is 0 Å². The van der Waals surface area contributed by atoms with Crippen LogP contribution in [0.4, 0.5) is 0 Å². The Morgan fingerprint density at radius 3 is 2.17 bits per heavy atom. The van der Waals surface area contributed by atoms with Crippen molar-refractivity contribution >= 4 is 0 Å². The van der Waals surface area contributed by atoms with Gasteiger partial charge in [-0.05, 0) is 61.7 Å². The topological polar surface area (TPSA) is 9.23 Å². The molecule has 4 atom stereocenters. The van der Waals surface area contributed by atoms with E-state index in [1.165, 1.54) is 64.2 Å². The van der Waals surface area contributed by atoms with Crippen molar-refractivity contribution < 1.29 is 4.74 Å². The van der Waals surface area contributed by atoms with Crippen LogP contribution in [0.15, 0.2) is 0 Å². The van der Waals surface area contributed by atoms with E-state index in [0.717, 1.165) is 42.6 Å². The molecule has 2 aliphatic carbocycles. The fraction of sp³-hybridized carbons (Fsp3) is 1.00. The highest BCUT2D eigenvalue weighted by atomic mass is 16.5. The lowest BCUT2D eigenvalue weighted by Crippen LogP contribution is -2.40. The molecule has 4 unspecified atom stereocenters. The van der Waals surface area contributed by atoms with Gasteiger partial charge in [-0.1, -0.05) is 66.2 Å². The average molecular weight is 323 g/mol. The summed E-state index contributed by atoms with van der Waals surface area (Å²) in [7, 11) is 0. The van der Waals surface area contributed by atoms with Crippen molar-refractivity contribution in [2.45, 2.75) is 104 Å². The van der Waals surface area contributed by atoms with E-state index < -0.39 is 0 Å². The number of hydrogen-bond acceptors (Lipinski definition) is 1. The summed E-state index contributed by atoms with van der Waals surface area (Å²) < 4.78 is 6.12. The second-order valence-electron chi connectivity index (χ2n) is 8.65. The molecule has 2 fully saturated rings. The Kier molecular flexibility index (Phi) is 8.44. The third-order valence-corrected chi connectivity index (χ3v) is 7.12. The van der Waals surface area contributed by atoms with E-state index in [-0.39, 0.29) is 0 Å². The van der Waals surface area contributed by atoms with Gasteiger partial charge in [0, 0.05) is 6.61 Å². The lowest BCUT2D eigenvalue weighted by Gasteiger charge is -2.45. The summed E-state index contributed by atoms with van der Waals surface area (Å²) in [5.41, 5.74) is 0. The van der Waals surface area contributed by atoms with Crippen LogP contribution in [0.25, 0.3) is 0 Å². The molecule has 0 aromatic rings. The molecular weight excluding hydrogens is 280 g/mol. The summed E-state index contributed by atoms with van der Waals surface area (Å²) in [5.74, 6) is 4.65. The smallest absolute Gasteiger partial charge is 0.0603 e. The zero-order valence-corrected chi connectivity index (χ0v) is 16.4. The summed E-state index contributed by atoms with van der Waals surface area (Å²) in [5, 5.41) is 0. The van der Waals surface area contributed by atoms with Crippen LogP contribution in [0.5, 0.6) is 0 Å². The third kappa shape index (κ3) is 5.48. The van der Waals surface area contributed by atoms with Gasteiger partial charge in [-0.15, -0.1) is 0 Å². The normalized spacial score (nSPS) is 38.6. The molecule has 2 rings (SSSR count). The highest BCUT2D eigenvalue weighted by Gasteiger charge is 2.39. The summed E-state index contributed by atoms with van der Waals surface area (Å²) in [4.78, 5) is 0. The van der Waals surface area contributed by atoms with Crippen LogP contribution in [0, 0.1) is 29.6 Å². The summed E-state index contributed by atoms with van der Waals surface area (Å²) in [6.45, 7) is 10.5. The molecule has 1 nitrogen and oxygen atoms in total. The maximum atomic E-state index is 6.12. The Hall–Kier alpha value is -0.0400. The van der Waals surface area contributed by atoms with Crippen molar-refractivity contribution in [1.82, 2.24) is 0 Å². The molecule has 0 radical (unpaired) electrons. The lowest BCUT2D eigenvalue weighted by molar-refractivity contribution is -0.0551. The van der Waals surface area contributed by atoms with Gasteiger partial charge in [0.1, 0.15) is 0 Å². The van der Waals surface area contributed by atoms with E-state index in [2.05, 4.69) is 27.7 Å². The van der Waals surface area contributed by atoms with Gasteiger partial charge in [-0.2, -0.15) is 0 Å². The first kappa shape index (κ1) is 19.3. The average Bonchev–Trinajstić information content (AvgIpc) is 2.57. The number of unbranched alkanes of at least 4 members (excludes halogenated alkanes) is 2. The Morgan fingerprint density at radius 1 is 0.783 bits per heavy atom. The minimum absolute atomic E-state index is 0.534. The van der Waals surface area contributed by atoms with Crippen molar-refractivity contribution in [3.05, 3.63) is 0 Å². The van der Waals surface area contributed by atoms with E-state index >= 15 is 0 Å². The molecule has 0 spiro atoms. The zero-order valence-electron chi connectivity index (χ0n) is 16.4. The summed E-state index contributed by atoms with van der Waals surface area (Å²) in [6, 6.07) is 0. The minimum Gasteiger partial charge on any atom is -0.378 e. The molecule has 0 heterocycles. The molecule has 23 heavy (non-hydrogen) atoms. The monoisotopic (exact) mass is 322 g/mol. The van der Waals surface area contributed by atoms with E-state index in [1.807, 2.05) is 0 Å². The van der Waals surface area contributed by atoms with Crippen molar-refractivity contribution in [2.24, 2.45) is 29.6 Å². The first-order valence-corrected chi connectivity index (χ1v) is 10.8. The van der Waals surface area contributed by atoms with Crippen LogP contribution < -0.4 is 0 Å². The molecule has 0 N–H and O–H groups in total. The number of ether oxygens (including phenoxy) is 1. The van der Waals surface area contributed by atoms with Gasteiger partial charge in [-0.25, -0.2) is 0 Å². The largest absolute Gasteiger partial charge is 0.378 e. The molecule has 0 bridgehead atoms. The summed E-state index contributed by atoms with van der Waals surface area (Å²) >= 11 is 0. The van der Waals surface area contributed by atoms with Crippen LogP contribution in [0.2, 0.25) is 0 Å². The van der Waals surface area contributed by atoms with Crippen LogP contribution in [-0.2, 0) is 4.74 Å². The second-order valence-corrected chi connectivity index (χ2v) is 8.65. The van der Waals surface area contributed by atoms with Crippen LogP contribution >= 0.6 is 0 Å². The SMILES string of the molecule is CCCCCC1CCC(C2CCC(OCCC)C(C)C2C)CC1. The molecule has 136 valence electrons. The van der Waals surface area contributed by atoms with E-state index in [4.69, 9.17) is 4.74 Å². The molecule has 0 aromatic heterocycles. The maximum absolute atomic E-state index is 6.12. The molecule has 2 aliphatic rings. The Labute approximate surface area is 146 Å². The molecule has 2 saturated carbocycles. The van der Waals surface area contributed by atoms with E-state index in [1.54, 1.807) is 0 Å². The predicted molar refractivity (Wildman–Crippen MR) is 101 cm³/mol. The first-order valence-electron chi connectivity index (χ1n) is 10.8. The van der Waals surface area contributed by atoms with Crippen LogP contribution in [0.1, 0.15) is 98.3 Å². The standard InChI is InChI=1S/C22H42O/c1-5-7-8-9-19-10-12-20(13-11-19)21-14-15-22(23-16-6-2)18(4)17(21)3/h17-22H,5-16H2,1-4H3. The Morgan fingerprint density at radius 2 is 1.52 bits per heavy atom. The molecule has 0 saturated heterocycles. The number of hydrogen-bond donors (Lipinski definition) is 0. The van der Waals surface area contributed by atoms with Crippen LogP contribution in [0.3, 0.4) is 0 Å². The predicted octanol–water partition coefficient (Wildman–Crippen LogP) is 6.85. The van der Waals surface area contributed by atoms with Crippen molar-refractivity contribution in [1.29, 1.82) is 0 Å². The molecule has 0 aliphatic heterocycles. The van der Waals surface area contributed by atoms with Crippen molar-refractivity contribution in [3.63, 3.8) is 0 Å². The first-order chi connectivity index (χ1) is 11.2. The van der Waals surface area contributed by atoms with Gasteiger partial charge in [0.25, 0.3) is 0 Å². The molecular formula is C22H42O. The zero-order chi connectivity index (χ0) is 16.7. The Balaban J connectivity index is 1.75. The van der Waals surface area contributed by atoms with E-state index in [9.17, 15) is 0 Å². The highest BCUT2D eigenvalue weighted by molar-refractivity contribution is 4.89. The second kappa shape index (κ2) is 10.1. The number of rotatable bonds is 8. The lowest BCUT2D eigenvalue weighted by atomic mass is 9.63. The van der Waals surface area contributed by atoms with Gasteiger partial charge in [0.15, 0.2) is 0 Å². The fourth-order valence-electron chi connectivity index (χ4n) is 5.37. The van der Waals surface area contributed by atoms with E-state index in [0.29, 0.717) is 6.10 Å². The van der Waals surface area contributed by atoms with Crippen molar-refractivity contribution in [2.75, 3.05) is 6.61 Å². The van der Waals surface area contributed by atoms with Gasteiger partial charge >= 0.3 is 0 Å². The maximum Gasteiger partial charge on any atom is 0.0603 e. The summed E-state index contributed by atoms with van der Waals surface area (Å²) in [6.07, 6.45) is 16.3. The fourth-order valence-corrected chi connectivity index (χ4v) is 5.37. The highest BCUT2D eigenvalue weighted by Crippen LogP contribution is 2.46. The van der Waals surface area contributed by atoms with Crippen LogP contribution in [-0.4, -0.2) is 12.7 Å². The molecule has 0 aromatic carbocycles. The van der Waals surface area contributed by atoms with Gasteiger partial charge < -0.3 is 4.74 Å². The minimum atomic E-state index is 0.534. The van der Waals surface area contributed by atoms with Gasteiger partial charge in [-0.3, -0.25) is 0 Å². The molecule has 1 heteroatoms. The van der Waals surface area contributed by atoms with Crippen molar-refractivity contribution in [3.8, 4) is 0 Å².